The largest absolute Gasteiger partial charge is 0.390 e. The third kappa shape index (κ3) is 4.23. The lowest BCUT2D eigenvalue weighted by Gasteiger charge is -2.17. The highest BCUT2D eigenvalue weighted by molar-refractivity contribution is 5.28. The van der Waals surface area contributed by atoms with Gasteiger partial charge in [-0.05, 0) is 23.6 Å². The molecule has 0 heterocycles. The van der Waals surface area contributed by atoms with E-state index in [1.54, 1.807) is 0 Å². The van der Waals surface area contributed by atoms with Gasteiger partial charge in [-0.3, -0.25) is 0 Å². The van der Waals surface area contributed by atoms with Crippen molar-refractivity contribution in [2.75, 3.05) is 6.54 Å². The number of benzene rings is 1. The maximum absolute atomic E-state index is 13.6. The van der Waals surface area contributed by atoms with Crippen molar-refractivity contribution >= 4 is 0 Å². The van der Waals surface area contributed by atoms with Crippen LogP contribution in [0.3, 0.4) is 0 Å². The van der Waals surface area contributed by atoms with Gasteiger partial charge in [0.15, 0.2) is 0 Å². The Morgan fingerprint density at radius 1 is 1.47 bits per heavy atom. The quantitative estimate of drug-likeness (QED) is 0.465. The molecular weight excluding hydrogens is 251 g/mol. The highest BCUT2D eigenvalue weighted by atomic mass is 19.1. The number of rotatable bonds is 6. The molecule has 6 nitrogen and oxygen atoms in total. The van der Waals surface area contributed by atoms with Crippen molar-refractivity contribution in [3.8, 4) is 6.07 Å². The molecule has 1 rings (SSSR count). The van der Waals surface area contributed by atoms with Gasteiger partial charge >= 0.3 is 0 Å². The van der Waals surface area contributed by atoms with Crippen LogP contribution in [0.15, 0.2) is 23.3 Å². The van der Waals surface area contributed by atoms with Crippen molar-refractivity contribution < 1.29 is 14.6 Å². The van der Waals surface area contributed by atoms with Crippen molar-refractivity contribution in [3.63, 3.8) is 0 Å². The van der Waals surface area contributed by atoms with E-state index >= 15 is 0 Å². The SMILES string of the molecule is N#CCc1ccc(C(O)C(O)CCN=[N+]=[N-])cc1F. The van der Waals surface area contributed by atoms with Crippen LogP contribution in [0.5, 0.6) is 0 Å². The van der Waals surface area contributed by atoms with Gasteiger partial charge in [-0.15, -0.1) is 0 Å². The van der Waals surface area contributed by atoms with Crippen molar-refractivity contribution in [2.45, 2.75) is 25.0 Å². The lowest BCUT2D eigenvalue weighted by molar-refractivity contribution is 0.0149. The molecule has 0 saturated heterocycles. The number of hydrogen-bond acceptors (Lipinski definition) is 4. The fourth-order valence-corrected chi connectivity index (χ4v) is 1.59. The zero-order valence-corrected chi connectivity index (χ0v) is 10.1. The lowest BCUT2D eigenvalue weighted by atomic mass is 10.00. The van der Waals surface area contributed by atoms with Crippen LogP contribution in [0.1, 0.15) is 23.7 Å². The van der Waals surface area contributed by atoms with E-state index in [2.05, 4.69) is 10.0 Å². The summed E-state index contributed by atoms with van der Waals surface area (Å²) in [5.74, 6) is -0.597. The predicted octanol–water partition coefficient (Wildman–Crippen LogP) is 1.99. The zero-order chi connectivity index (χ0) is 14.3. The normalized spacial score (nSPS) is 13.2. The Labute approximate surface area is 109 Å². The summed E-state index contributed by atoms with van der Waals surface area (Å²) in [6.07, 6.45) is -2.39. The van der Waals surface area contributed by atoms with Gasteiger partial charge in [0.2, 0.25) is 0 Å². The summed E-state index contributed by atoms with van der Waals surface area (Å²) >= 11 is 0. The molecule has 0 aliphatic rings. The molecule has 0 radical (unpaired) electrons. The summed E-state index contributed by atoms with van der Waals surface area (Å²) in [4.78, 5) is 2.53. The Hall–Kier alpha value is -2.13. The monoisotopic (exact) mass is 264 g/mol. The Balaban J connectivity index is 2.76. The van der Waals surface area contributed by atoms with Gasteiger partial charge < -0.3 is 10.2 Å². The summed E-state index contributed by atoms with van der Waals surface area (Å²) in [7, 11) is 0. The van der Waals surface area contributed by atoms with Crippen molar-refractivity contribution in [2.24, 2.45) is 5.11 Å². The van der Waals surface area contributed by atoms with Gasteiger partial charge in [-0.2, -0.15) is 5.26 Å². The molecular formula is C12H13FN4O2. The molecule has 2 N–H and O–H groups in total. The molecule has 19 heavy (non-hydrogen) atoms. The molecule has 0 fully saturated rings. The summed E-state index contributed by atoms with van der Waals surface area (Å²) in [6.45, 7) is 0.0454. The Bertz CT molecular complexity index is 523. The van der Waals surface area contributed by atoms with Crippen LogP contribution >= 0.6 is 0 Å². The second-order valence-corrected chi connectivity index (χ2v) is 3.94. The van der Waals surface area contributed by atoms with Crippen molar-refractivity contribution in [1.82, 2.24) is 0 Å². The van der Waals surface area contributed by atoms with Gasteiger partial charge in [-0.1, -0.05) is 17.2 Å². The molecule has 0 saturated carbocycles. The molecule has 100 valence electrons. The van der Waals surface area contributed by atoms with Gasteiger partial charge in [0.25, 0.3) is 0 Å². The van der Waals surface area contributed by atoms with E-state index in [9.17, 15) is 14.6 Å². The van der Waals surface area contributed by atoms with Crippen LogP contribution in [0.2, 0.25) is 0 Å². The number of azide groups is 1. The van der Waals surface area contributed by atoms with Crippen LogP contribution < -0.4 is 0 Å². The molecule has 0 amide bonds. The fourth-order valence-electron chi connectivity index (χ4n) is 1.59. The van der Waals surface area contributed by atoms with Crippen LogP contribution in [-0.2, 0) is 6.42 Å². The summed E-state index contributed by atoms with van der Waals surface area (Å²) < 4.78 is 13.6. The molecule has 1 aromatic carbocycles. The highest BCUT2D eigenvalue weighted by Crippen LogP contribution is 2.21. The van der Waals surface area contributed by atoms with Gasteiger partial charge in [0.1, 0.15) is 11.9 Å². The molecule has 0 aliphatic carbocycles. The van der Waals surface area contributed by atoms with E-state index in [1.807, 2.05) is 6.07 Å². The average molecular weight is 264 g/mol. The Morgan fingerprint density at radius 2 is 2.21 bits per heavy atom. The molecule has 2 unspecified atom stereocenters. The fraction of sp³-hybridized carbons (Fsp3) is 0.417. The van der Waals surface area contributed by atoms with E-state index < -0.39 is 18.0 Å². The number of halogens is 1. The first-order valence-electron chi connectivity index (χ1n) is 5.62. The Kier molecular flexibility index (Phi) is 5.76. The first-order valence-corrected chi connectivity index (χ1v) is 5.62. The molecule has 2 atom stereocenters. The minimum absolute atomic E-state index is 0.0454. The molecule has 1 aromatic rings. The predicted molar refractivity (Wildman–Crippen MR) is 65.3 cm³/mol. The van der Waals surface area contributed by atoms with Crippen molar-refractivity contribution in [1.29, 1.82) is 5.26 Å². The standard InChI is InChI=1S/C12H13FN4O2/c13-10-7-9(2-1-8(10)3-5-14)12(19)11(18)4-6-16-17-15/h1-2,7,11-12,18-19H,3-4,6H2. The summed E-state index contributed by atoms with van der Waals surface area (Å²) in [5.41, 5.74) is 8.54. The lowest BCUT2D eigenvalue weighted by Crippen LogP contribution is -2.19. The highest BCUT2D eigenvalue weighted by Gasteiger charge is 2.19. The van der Waals surface area contributed by atoms with Crippen LogP contribution in [0, 0.1) is 17.1 Å². The van der Waals surface area contributed by atoms with Crippen molar-refractivity contribution in [3.05, 3.63) is 45.6 Å². The van der Waals surface area contributed by atoms with Gasteiger partial charge in [0.05, 0.1) is 18.6 Å². The number of aliphatic hydroxyl groups excluding tert-OH is 2. The zero-order valence-electron chi connectivity index (χ0n) is 10.1. The second-order valence-electron chi connectivity index (χ2n) is 3.94. The van der Waals surface area contributed by atoms with Crippen LogP contribution in [0.25, 0.3) is 10.4 Å². The third-order valence-electron chi connectivity index (χ3n) is 2.64. The Morgan fingerprint density at radius 3 is 2.79 bits per heavy atom. The summed E-state index contributed by atoms with van der Waals surface area (Å²) in [5, 5.41) is 31.2. The number of nitriles is 1. The number of aliphatic hydroxyl groups is 2. The van der Waals surface area contributed by atoms with Crippen LogP contribution in [0.4, 0.5) is 4.39 Å². The van der Waals surface area contributed by atoms with E-state index in [4.69, 9.17) is 10.8 Å². The summed E-state index contributed by atoms with van der Waals surface area (Å²) in [6, 6.07) is 5.78. The number of hydrogen-bond donors (Lipinski definition) is 2. The minimum atomic E-state index is -1.26. The topological polar surface area (TPSA) is 113 Å². The third-order valence-corrected chi connectivity index (χ3v) is 2.64. The smallest absolute Gasteiger partial charge is 0.127 e. The average Bonchev–Trinajstić information content (AvgIpc) is 2.40. The maximum atomic E-state index is 13.6. The first kappa shape index (κ1) is 14.9. The first-order chi connectivity index (χ1) is 9.10. The van der Waals surface area contributed by atoms with Gasteiger partial charge in [0, 0.05) is 17.0 Å². The number of nitrogens with zero attached hydrogens (tertiary/aromatic N) is 4. The van der Waals surface area contributed by atoms with E-state index in [1.165, 1.54) is 12.1 Å². The van der Waals surface area contributed by atoms with Gasteiger partial charge in [-0.25, -0.2) is 4.39 Å². The molecule has 0 aromatic heterocycles. The van der Waals surface area contributed by atoms with E-state index in [0.717, 1.165) is 6.07 Å². The molecule has 0 aliphatic heterocycles. The molecule has 0 spiro atoms. The minimum Gasteiger partial charge on any atom is -0.390 e. The van der Waals surface area contributed by atoms with E-state index in [-0.39, 0.29) is 30.5 Å². The van der Waals surface area contributed by atoms with Crippen LogP contribution in [-0.4, -0.2) is 22.9 Å². The molecule has 7 heteroatoms. The molecule has 0 bridgehead atoms. The second kappa shape index (κ2) is 7.34. The maximum Gasteiger partial charge on any atom is 0.127 e. The van der Waals surface area contributed by atoms with E-state index in [0.29, 0.717) is 0 Å².